The number of fused-ring (bicyclic) bond motifs is 4. The van der Waals surface area contributed by atoms with E-state index in [0.29, 0.717) is 80.6 Å². The number of carbonyl (C=O) groups excluding carboxylic acids is 5. The zero-order valence-corrected chi connectivity index (χ0v) is 37.6. The van der Waals surface area contributed by atoms with Gasteiger partial charge in [0, 0.05) is 58.5 Å². The van der Waals surface area contributed by atoms with Gasteiger partial charge in [0.25, 0.3) is 11.8 Å². The van der Waals surface area contributed by atoms with E-state index in [1.165, 1.54) is 4.88 Å². The summed E-state index contributed by atoms with van der Waals surface area (Å²) in [7, 11) is 0. The lowest BCUT2D eigenvalue weighted by Gasteiger charge is -2.27. The van der Waals surface area contributed by atoms with E-state index in [0.717, 1.165) is 38.1 Å². The number of halogens is 1. The molecule has 5 aromatic rings. The smallest absolute Gasteiger partial charge is 0.264 e. The van der Waals surface area contributed by atoms with Crippen LogP contribution in [0.4, 0.5) is 11.4 Å². The molecule has 4 N–H and O–H groups in total. The number of nitrogens with one attached hydrogen (secondary N) is 4. The number of amides is 5. The molecule has 0 aliphatic carbocycles. The molecule has 5 amide bonds. The number of imide groups is 2. The second kappa shape index (κ2) is 20.2. The Balaban J connectivity index is 0.716. The van der Waals surface area contributed by atoms with Crippen molar-refractivity contribution in [3.05, 3.63) is 116 Å². The Bertz CT molecular complexity index is 2650. The Labute approximate surface area is 383 Å². The summed E-state index contributed by atoms with van der Waals surface area (Å²) >= 11 is 7.90. The number of ether oxygens (including phenoxy) is 3. The van der Waals surface area contributed by atoms with Gasteiger partial charge in [-0.05, 0) is 81.3 Å². The summed E-state index contributed by atoms with van der Waals surface area (Å²) in [5, 5.41) is 22.1. The van der Waals surface area contributed by atoms with E-state index >= 15 is 0 Å². The van der Waals surface area contributed by atoms with Crippen molar-refractivity contribution in [3.63, 3.8) is 0 Å². The van der Waals surface area contributed by atoms with Crippen LogP contribution in [0.2, 0.25) is 5.02 Å². The molecule has 0 spiro atoms. The van der Waals surface area contributed by atoms with Gasteiger partial charge < -0.3 is 30.2 Å². The molecule has 1 fully saturated rings. The highest BCUT2D eigenvalue weighted by Gasteiger charge is 2.45. The second-order valence-electron chi connectivity index (χ2n) is 15.6. The molecule has 1 unspecified atom stereocenters. The predicted molar refractivity (Wildman–Crippen MR) is 245 cm³/mol. The summed E-state index contributed by atoms with van der Waals surface area (Å²) in [5.41, 5.74) is 5.34. The molecule has 0 bridgehead atoms. The highest BCUT2D eigenvalue weighted by atomic mass is 35.5. The van der Waals surface area contributed by atoms with Crippen molar-refractivity contribution in [2.45, 2.75) is 52.1 Å². The third-order valence-electron chi connectivity index (χ3n) is 11.2. The first-order valence-corrected chi connectivity index (χ1v) is 22.5. The number of carbonyl (C=O) groups is 5. The van der Waals surface area contributed by atoms with Crippen LogP contribution in [-0.2, 0) is 23.9 Å². The number of thiophene rings is 1. The average Bonchev–Trinajstić information content (AvgIpc) is 3.87. The quantitative estimate of drug-likeness (QED) is 0.0612. The number of piperidine rings is 1. The second-order valence-corrected chi connectivity index (χ2v) is 17.2. The maximum absolute atomic E-state index is 13.5. The van der Waals surface area contributed by atoms with Crippen molar-refractivity contribution >= 4 is 69.6 Å². The van der Waals surface area contributed by atoms with Gasteiger partial charge in [0.15, 0.2) is 5.82 Å². The van der Waals surface area contributed by atoms with Crippen LogP contribution in [0, 0.1) is 20.8 Å². The van der Waals surface area contributed by atoms with Gasteiger partial charge in [-0.1, -0.05) is 29.8 Å². The lowest BCUT2D eigenvalue weighted by molar-refractivity contribution is -0.136. The first kappa shape index (κ1) is 45.3. The van der Waals surface area contributed by atoms with Gasteiger partial charge in [0.2, 0.25) is 17.7 Å². The average molecular weight is 922 g/mol. The fourth-order valence-electron chi connectivity index (χ4n) is 7.91. The molecule has 8 rings (SSSR count). The fourth-order valence-corrected chi connectivity index (χ4v) is 9.25. The molecule has 2 aromatic heterocycles. The lowest BCUT2D eigenvalue weighted by Crippen LogP contribution is -2.54. The molecule has 5 heterocycles. The monoisotopic (exact) mass is 921 g/mol. The van der Waals surface area contributed by atoms with Gasteiger partial charge in [0.05, 0.1) is 49.7 Å². The maximum atomic E-state index is 13.5. The van der Waals surface area contributed by atoms with Crippen molar-refractivity contribution in [1.82, 2.24) is 30.3 Å². The normalized spacial score (nSPS) is 16.7. The lowest BCUT2D eigenvalue weighted by atomic mass is 9.99. The number of anilines is 2. The highest BCUT2D eigenvalue weighted by molar-refractivity contribution is 7.15. The van der Waals surface area contributed by atoms with E-state index in [2.05, 4.69) is 45.3 Å². The summed E-state index contributed by atoms with van der Waals surface area (Å²) in [6.45, 7) is 9.72. The molecule has 2 atom stereocenters. The van der Waals surface area contributed by atoms with Crippen LogP contribution in [0.5, 0.6) is 5.75 Å². The minimum atomic E-state index is -1.02. The highest BCUT2D eigenvalue weighted by Crippen LogP contribution is 2.40. The van der Waals surface area contributed by atoms with Crippen LogP contribution >= 0.6 is 22.9 Å². The minimum absolute atomic E-state index is 0.0550. The third-order valence-corrected chi connectivity index (χ3v) is 12.7. The van der Waals surface area contributed by atoms with Crippen LogP contribution in [0.25, 0.3) is 5.00 Å². The van der Waals surface area contributed by atoms with E-state index in [-0.39, 0.29) is 36.3 Å². The predicted octanol–water partition coefficient (Wildman–Crippen LogP) is 5.34. The summed E-state index contributed by atoms with van der Waals surface area (Å²) in [6.07, 6.45) is 0.212. The van der Waals surface area contributed by atoms with Gasteiger partial charge in [-0.3, -0.25) is 43.7 Å². The van der Waals surface area contributed by atoms with Gasteiger partial charge in [-0.15, -0.1) is 21.5 Å². The van der Waals surface area contributed by atoms with E-state index in [1.807, 2.05) is 35.8 Å². The van der Waals surface area contributed by atoms with Crippen LogP contribution in [0.15, 0.2) is 71.7 Å². The van der Waals surface area contributed by atoms with Gasteiger partial charge in [-0.2, -0.15) is 0 Å². The topological polar surface area (TPSA) is 207 Å². The van der Waals surface area contributed by atoms with E-state index in [9.17, 15) is 24.0 Å². The maximum Gasteiger partial charge on any atom is 0.264 e. The number of benzene rings is 3. The molecule has 19 heteroatoms. The third kappa shape index (κ3) is 10.0. The van der Waals surface area contributed by atoms with Crippen LogP contribution < -0.4 is 26.0 Å². The molecule has 3 aromatic carbocycles. The summed E-state index contributed by atoms with van der Waals surface area (Å²) in [6, 6.07) is 18.1. The number of nitrogens with zero attached hydrogens (tertiary/aromatic N) is 5. The molecule has 65 heavy (non-hydrogen) atoms. The number of hydrogen-bond donors (Lipinski definition) is 4. The Kier molecular flexibility index (Phi) is 14.1. The first-order chi connectivity index (χ1) is 31.5. The fraction of sp³-hybridized carbons (Fsp3) is 0.348. The van der Waals surface area contributed by atoms with Crippen molar-refractivity contribution < 1.29 is 38.2 Å². The zero-order valence-electron chi connectivity index (χ0n) is 36.1. The molecule has 0 saturated carbocycles. The van der Waals surface area contributed by atoms with Crippen molar-refractivity contribution in [1.29, 1.82) is 0 Å². The number of aliphatic imine (C=N–C) groups is 1. The van der Waals surface area contributed by atoms with Crippen LogP contribution in [0.3, 0.4) is 0 Å². The Morgan fingerprint density at radius 1 is 0.862 bits per heavy atom. The van der Waals surface area contributed by atoms with Gasteiger partial charge in [0.1, 0.15) is 35.3 Å². The molecule has 338 valence electrons. The number of aromatic nitrogens is 3. The molecule has 3 aliphatic heterocycles. The number of rotatable bonds is 19. The summed E-state index contributed by atoms with van der Waals surface area (Å²) < 4.78 is 19.3. The Morgan fingerprint density at radius 2 is 1.60 bits per heavy atom. The number of hydrogen-bond acceptors (Lipinski definition) is 14. The van der Waals surface area contributed by atoms with E-state index < -0.39 is 35.7 Å². The van der Waals surface area contributed by atoms with Gasteiger partial charge in [-0.25, -0.2) is 0 Å². The largest absolute Gasteiger partial charge is 0.491 e. The van der Waals surface area contributed by atoms with Gasteiger partial charge >= 0.3 is 0 Å². The molecule has 0 radical (unpaired) electrons. The molecule has 17 nitrogen and oxygen atoms in total. The van der Waals surface area contributed by atoms with E-state index in [4.69, 9.17) is 30.8 Å². The molecule has 3 aliphatic rings. The standard InChI is InChI=1S/C46H48ClN9O8S/c1-26-27(2)65-46-39(26)41(29-7-9-30(47)10-8-29)51-35(42-54-53-28(3)55(42)46)25-38(58)50-31-11-13-32(14-12-31)64-24-23-63-21-18-48-17-20-62-22-19-49-34-6-4-5-33-40(34)45(61)56(44(33)60)36-15-16-37(57)52-43(36)59/h4-14,35-36,48-49H,15-25H2,1-3H3,(H,50,58)(H,52,57,59)/t35-,36?/m0/s1. The molecular weight excluding hydrogens is 874 g/mol. The molecule has 1 saturated heterocycles. The van der Waals surface area contributed by atoms with Crippen molar-refractivity contribution in [3.8, 4) is 10.8 Å². The first-order valence-electron chi connectivity index (χ1n) is 21.3. The van der Waals surface area contributed by atoms with E-state index in [1.54, 1.807) is 53.8 Å². The van der Waals surface area contributed by atoms with Crippen molar-refractivity contribution in [2.75, 3.05) is 63.3 Å². The zero-order chi connectivity index (χ0) is 45.6. The summed E-state index contributed by atoms with van der Waals surface area (Å²) in [5.74, 6) is -0.419. The summed E-state index contributed by atoms with van der Waals surface area (Å²) in [4.78, 5) is 71.1. The Hall–Kier alpha value is -6.31. The minimum Gasteiger partial charge on any atom is -0.491 e. The SMILES string of the molecule is Cc1sc2c(c1C)C(c1ccc(Cl)cc1)=N[C@@H](CC(=O)Nc1ccc(OCCOCCNCCOCCNc3cccc4c3C(=O)N(C3CCC(=O)NC3=O)C4=O)cc1)c1nnc(C)n1-2. The Morgan fingerprint density at radius 3 is 2.35 bits per heavy atom. The van der Waals surface area contributed by atoms with Crippen LogP contribution in [-0.4, -0.2) is 114 Å². The van der Waals surface area contributed by atoms with Crippen LogP contribution in [0.1, 0.15) is 79.2 Å². The molecular formula is C46H48ClN9O8S. The number of aryl methyl sites for hydroxylation is 2. The van der Waals surface area contributed by atoms with Crippen molar-refractivity contribution in [2.24, 2.45) is 4.99 Å².